The lowest BCUT2D eigenvalue weighted by Gasteiger charge is -2.45. The van der Waals surface area contributed by atoms with Crippen LogP contribution in [0.25, 0.3) is 0 Å². The van der Waals surface area contributed by atoms with Gasteiger partial charge in [-0.2, -0.15) is 0 Å². The van der Waals surface area contributed by atoms with E-state index in [9.17, 15) is 0 Å². The van der Waals surface area contributed by atoms with Crippen LogP contribution in [0, 0.1) is 11.8 Å². The van der Waals surface area contributed by atoms with Gasteiger partial charge in [0.2, 0.25) is 0 Å². The molecule has 3 rings (SSSR count). The summed E-state index contributed by atoms with van der Waals surface area (Å²) in [4.78, 5) is 0. The van der Waals surface area contributed by atoms with Gasteiger partial charge in [-0.05, 0) is 5.92 Å². The van der Waals surface area contributed by atoms with E-state index in [4.69, 9.17) is 14.2 Å². The second-order valence-electron chi connectivity index (χ2n) is 4.08. The molecule has 0 radical (unpaired) electrons. The topological polar surface area (TPSA) is 27.7 Å². The summed E-state index contributed by atoms with van der Waals surface area (Å²) in [6.07, 6.45) is 0.833. The third kappa shape index (κ3) is 1.49. The molecular formula is C9H16O3. The Hall–Kier alpha value is -0.120. The summed E-state index contributed by atoms with van der Waals surface area (Å²) in [6.45, 7) is 6.68. The highest BCUT2D eigenvalue weighted by atomic mass is 16.9. The summed E-state index contributed by atoms with van der Waals surface area (Å²) < 4.78 is 16.6. The first-order chi connectivity index (χ1) is 5.70. The Balaban J connectivity index is 1.99. The molecule has 0 saturated carbocycles. The molecule has 3 heterocycles. The monoisotopic (exact) mass is 172 g/mol. The average molecular weight is 172 g/mol. The maximum Gasteiger partial charge on any atom is 0.283 e. The second kappa shape index (κ2) is 2.98. The van der Waals surface area contributed by atoms with Crippen molar-refractivity contribution >= 4 is 0 Å². The Morgan fingerprint density at radius 3 is 2.08 bits per heavy atom. The first kappa shape index (κ1) is 8.48. The van der Waals surface area contributed by atoms with Crippen molar-refractivity contribution < 1.29 is 14.2 Å². The molecule has 3 nitrogen and oxygen atoms in total. The van der Waals surface area contributed by atoms with Crippen LogP contribution in [0.15, 0.2) is 0 Å². The molecule has 0 amide bonds. The lowest BCUT2D eigenvalue weighted by atomic mass is 10.1. The van der Waals surface area contributed by atoms with Gasteiger partial charge in [0, 0.05) is 12.3 Å². The highest BCUT2D eigenvalue weighted by molar-refractivity contribution is 4.75. The fraction of sp³-hybridized carbons (Fsp3) is 1.00. The molecule has 2 bridgehead atoms. The van der Waals surface area contributed by atoms with Gasteiger partial charge in [-0.25, -0.2) is 0 Å². The van der Waals surface area contributed by atoms with Crippen LogP contribution in [0.2, 0.25) is 0 Å². The van der Waals surface area contributed by atoms with E-state index in [2.05, 4.69) is 13.8 Å². The molecule has 0 unspecified atom stereocenters. The zero-order valence-corrected chi connectivity index (χ0v) is 7.71. The van der Waals surface area contributed by atoms with Gasteiger partial charge in [-0.3, -0.25) is 0 Å². The Labute approximate surface area is 73.0 Å². The average Bonchev–Trinajstić information content (AvgIpc) is 2.05. The summed E-state index contributed by atoms with van der Waals surface area (Å²) >= 11 is 0. The first-order valence-corrected chi connectivity index (χ1v) is 4.62. The van der Waals surface area contributed by atoms with Gasteiger partial charge >= 0.3 is 0 Å². The van der Waals surface area contributed by atoms with Crippen molar-refractivity contribution in [1.82, 2.24) is 0 Å². The Morgan fingerprint density at radius 2 is 1.67 bits per heavy atom. The van der Waals surface area contributed by atoms with E-state index in [1.807, 2.05) is 0 Å². The Kier molecular flexibility index (Phi) is 2.10. The minimum Gasteiger partial charge on any atom is -0.327 e. The smallest absolute Gasteiger partial charge is 0.283 e. The van der Waals surface area contributed by atoms with E-state index < -0.39 is 5.97 Å². The molecule has 0 N–H and O–H groups in total. The van der Waals surface area contributed by atoms with E-state index in [0.29, 0.717) is 11.8 Å². The van der Waals surface area contributed by atoms with Gasteiger partial charge in [0.25, 0.3) is 5.97 Å². The summed E-state index contributed by atoms with van der Waals surface area (Å²) in [5, 5.41) is 0. The minimum atomic E-state index is -0.692. The van der Waals surface area contributed by atoms with Crippen LogP contribution in [-0.2, 0) is 14.2 Å². The molecule has 3 aliphatic heterocycles. The van der Waals surface area contributed by atoms with Crippen LogP contribution in [0.1, 0.15) is 20.3 Å². The molecule has 12 heavy (non-hydrogen) atoms. The van der Waals surface area contributed by atoms with Crippen molar-refractivity contribution in [3.05, 3.63) is 0 Å². The maximum atomic E-state index is 5.53. The van der Waals surface area contributed by atoms with Crippen LogP contribution in [0.4, 0.5) is 0 Å². The van der Waals surface area contributed by atoms with Gasteiger partial charge in [0.1, 0.15) is 0 Å². The fourth-order valence-electron chi connectivity index (χ4n) is 1.68. The number of ether oxygens (including phenoxy) is 3. The normalized spacial score (nSPS) is 40.8. The van der Waals surface area contributed by atoms with E-state index in [1.165, 1.54) is 0 Å². The van der Waals surface area contributed by atoms with Gasteiger partial charge in [-0.15, -0.1) is 0 Å². The van der Waals surface area contributed by atoms with Gasteiger partial charge in [-0.1, -0.05) is 13.8 Å². The SMILES string of the molecule is CC(C)CC12OCC(CO1)CO2. The lowest BCUT2D eigenvalue weighted by molar-refractivity contribution is -0.452. The summed E-state index contributed by atoms with van der Waals surface area (Å²) in [6, 6.07) is 0. The third-order valence-electron chi connectivity index (χ3n) is 2.28. The van der Waals surface area contributed by atoms with Crippen LogP contribution in [0.3, 0.4) is 0 Å². The van der Waals surface area contributed by atoms with E-state index >= 15 is 0 Å². The molecule has 0 aromatic rings. The van der Waals surface area contributed by atoms with Crippen LogP contribution >= 0.6 is 0 Å². The first-order valence-electron chi connectivity index (χ1n) is 4.62. The number of rotatable bonds is 2. The van der Waals surface area contributed by atoms with Crippen molar-refractivity contribution in [2.75, 3.05) is 19.8 Å². The van der Waals surface area contributed by atoms with Crippen molar-refractivity contribution in [3.63, 3.8) is 0 Å². The molecule has 3 fully saturated rings. The van der Waals surface area contributed by atoms with Crippen LogP contribution < -0.4 is 0 Å². The summed E-state index contributed by atoms with van der Waals surface area (Å²) in [7, 11) is 0. The molecule has 0 spiro atoms. The van der Waals surface area contributed by atoms with Crippen molar-refractivity contribution in [1.29, 1.82) is 0 Å². The molecular weight excluding hydrogens is 156 g/mol. The van der Waals surface area contributed by atoms with Crippen LogP contribution in [0.5, 0.6) is 0 Å². The van der Waals surface area contributed by atoms with Gasteiger partial charge in [0.15, 0.2) is 0 Å². The lowest BCUT2D eigenvalue weighted by Crippen LogP contribution is -2.54. The molecule has 3 heteroatoms. The Morgan fingerprint density at radius 1 is 1.17 bits per heavy atom. The highest BCUT2D eigenvalue weighted by Gasteiger charge is 2.44. The van der Waals surface area contributed by atoms with Gasteiger partial charge in [0.05, 0.1) is 19.8 Å². The predicted molar refractivity (Wildman–Crippen MR) is 43.5 cm³/mol. The predicted octanol–water partition coefficient (Wildman–Crippen LogP) is 1.38. The molecule has 0 aliphatic carbocycles. The quantitative estimate of drug-likeness (QED) is 0.629. The van der Waals surface area contributed by atoms with Crippen LogP contribution in [-0.4, -0.2) is 25.8 Å². The van der Waals surface area contributed by atoms with Crippen molar-refractivity contribution in [2.24, 2.45) is 11.8 Å². The highest BCUT2D eigenvalue weighted by Crippen LogP contribution is 2.34. The number of fused-ring (bicyclic) bond motifs is 3. The fourth-order valence-corrected chi connectivity index (χ4v) is 1.68. The number of hydrogen-bond donors (Lipinski definition) is 0. The molecule has 0 atom stereocenters. The maximum absolute atomic E-state index is 5.53. The zero-order chi connectivity index (χ0) is 8.60. The molecule has 0 aromatic heterocycles. The Bertz CT molecular complexity index is 145. The zero-order valence-electron chi connectivity index (χ0n) is 7.71. The van der Waals surface area contributed by atoms with Crippen molar-refractivity contribution in [3.8, 4) is 0 Å². The second-order valence-corrected chi connectivity index (χ2v) is 4.08. The molecule has 0 aromatic carbocycles. The van der Waals surface area contributed by atoms with E-state index in [0.717, 1.165) is 26.2 Å². The minimum absolute atomic E-state index is 0.457. The van der Waals surface area contributed by atoms with Gasteiger partial charge < -0.3 is 14.2 Å². The summed E-state index contributed by atoms with van der Waals surface area (Å²) in [5.41, 5.74) is 0. The molecule has 3 saturated heterocycles. The van der Waals surface area contributed by atoms with E-state index in [-0.39, 0.29) is 0 Å². The largest absolute Gasteiger partial charge is 0.327 e. The van der Waals surface area contributed by atoms with E-state index in [1.54, 1.807) is 0 Å². The van der Waals surface area contributed by atoms with Crippen molar-refractivity contribution in [2.45, 2.75) is 26.2 Å². The third-order valence-corrected chi connectivity index (χ3v) is 2.28. The summed E-state index contributed by atoms with van der Waals surface area (Å²) in [5.74, 6) is 0.307. The molecule has 3 aliphatic rings. The number of hydrogen-bond acceptors (Lipinski definition) is 3. The molecule has 70 valence electrons. The standard InChI is InChI=1S/C9H16O3/c1-7(2)3-9-10-4-8(5-11-9)6-12-9/h7-8H,3-6H2,1-2H3.